The Bertz CT molecular complexity index is 481. The maximum absolute atomic E-state index is 10.1. The van der Waals surface area contributed by atoms with E-state index in [1.54, 1.807) is 4.90 Å². The molecule has 0 aromatic heterocycles. The molecular formula is C23H44N2O5S. The highest BCUT2D eigenvalue weighted by Crippen LogP contribution is 2.31. The Hall–Kier alpha value is -0.510. The number of aliphatic hydroxyl groups is 4. The van der Waals surface area contributed by atoms with Gasteiger partial charge in [0.15, 0.2) is 11.3 Å². The van der Waals surface area contributed by atoms with Crippen molar-refractivity contribution in [3.63, 3.8) is 0 Å². The van der Waals surface area contributed by atoms with E-state index >= 15 is 0 Å². The molecule has 2 heterocycles. The summed E-state index contributed by atoms with van der Waals surface area (Å²) in [6.45, 7) is 1.36. The maximum atomic E-state index is 10.1. The molecule has 2 aliphatic heterocycles. The zero-order valence-electron chi connectivity index (χ0n) is 19.0. The third-order valence-corrected chi connectivity index (χ3v) is 6.91. The average molecular weight is 461 g/mol. The fourth-order valence-electron chi connectivity index (χ4n) is 4.58. The number of ether oxygens (including phenoxy) is 1. The summed E-state index contributed by atoms with van der Waals surface area (Å²) in [6.07, 6.45) is 13.3. The Morgan fingerprint density at radius 3 is 1.74 bits per heavy atom. The number of aliphatic hydroxyl groups excluding tert-OH is 4. The molecule has 5 atom stereocenters. The van der Waals surface area contributed by atoms with Gasteiger partial charge in [0.25, 0.3) is 0 Å². The van der Waals surface area contributed by atoms with Gasteiger partial charge in [-0.25, -0.2) is 0 Å². The van der Waals surface area contributed by atoms with Crippen LogP contribution in [0.5, 0.6) is 0 Å². The van der Waals surface area contributed by atoms with Crippen LogP contribution < -0.4 is 5.32 Å². The lowest BCUT2D eigenvalue weighted by atomic mass is 9.95. The maximum Gasteiger partial charge on any atom is 0.171 e. The smallest absolute Gasteiger partial charge is 0.171 e. The van der Waals surface area contributed by atoms with E-state index in [1.807, 2.05) is 0 Å². The normalized spacial score (nSPS) is 27.6. The van der Waals surface area contributed by atoms with Crippen molar-refractivity contribution in [1.29, 1.82) is 0 Å². The van der Waals surface area contributed by atoms with Crippen molar-refractivity contribution >= 4 is 17.3 Å². The molecule has 0 aliphatic carbocycles. The Morgan fingerprint density at radius 1 is 0.742 bits per heavy atom. The molecule has 0 saturated carbocycles. The van der Waals surface area contributed by atoms with Crippen LogP contribution in [0.25, 0.3) is 0 Å². The fourth-order valence-corrected chi connectivity index (χ4v) is 4.92. The van der Waals surface area contributed by atoms with E-state index in [0.717, 1.165) is 25.8 Å². The molecule has 182 valence electrons. The number of hydrogen-bond donors (Lipinski definition) is 5. The highest BCUT2D eigenvalue weighted by atomic mass is 32.1. The van der Waals surface area contributed by atoms with Gasteiger partial charge in [-0.15, -0.1) is 0 Å². The van der Waals surface area contributed by atoms with Crippen molar-refractivity contribution in [3.05, 3.63) is 0 Å². The molecular weight excluding hydrogens is 416 g/mol. The first kappa shape index (κ1) is 26.7. The minimum atomic E-state index is -1.20. The molecule has 2 rings (SSSR count). The zero-order chi connectivity index (χ0) is 22.5. The molecule has 2 fully saturated rings. The van der Waals surface area contributed by atoms with Crippen molar-refractivity contribution < 1.29 is 25.2 Å². The summed E-state index contributed by atoms with van der Waals surface area (Å²) in [5, 5.41) is 42.6. The van der Waals surface area contributed by atoms with Gasteiger partial charge in [0.05, 0.1) is 12.6 Å². The second-order valence-corrected chi connectivity index (χ2v) is 9.46. The second-order valence-electron chi connectivity index (χ2n) is 9.08. The van der Waals surface area contributed by atoms with E-state index in [9.17, 15) is 15.3 Å². The molecule has 0 aromatic carbocycles. The summed E-state index contributed by atoms with van der Waals surface area (Å²) < 4.78 is 5.52. The predicted molar refractivity (Wildman–Crippen MR) is 126 cm³/mol. The first-order valence-corrected chi connectivity index (χ1v) is 12.8. The van der Waals surface area contributed by atoms with Crippen LogP contribution in [0.15, 0.2) is 0 Å². The van der Waals surface area contributed by atoms with E-state index in [0.29, 0.717) is 11.7 Å². The van der Waals surface area contributed by atoms with Crippen molar-refractivity contribution in [3.8, 4) is 0 Å². The molecule has 0 amide bonds. The Balaban J connectivity index is 1.40. The van der Waals surface area contributed by atoms with Crippen LogP contribution in [-0.2, 0) is 4.74 Å². The Labute approximate surface area is 193 Å². The number of hydrogen-bond acceptors (Lipinski definition) is 6. The number of nitrogens with one attached hydrogen (secondary N) is 1. The summed E-state index contributed by atoms with van der Waals surface area (Å²) in [6, 6.07) is -0.408. The van der Waals surface area contributed by atoms with Crippen LogP contribution in [0.2, 0.25) is 0 Å². The highest BCUT2D eigenvalue weighted by Gasteiger charge is 2.53. The van der Waals surface area contributed by atoms with Crippen LogP contribution in [0.4, 0.5) is 0 Å². The molecule has 0 aromatic rings. The van der Waals surface area contributed by atoms with Crippen molar-refractivity contribution in [2.24, 2.45) is 0 Å². The van der Waals surface area contributed by atoms with E-state index in [1.165, 1.54) is 70.6 Å². The fraction of sp³-hybridized carbons (Fsp3) is 0.957. The Kier molecular flexibility index (Phi) is 13.2. The van der Waals surface area contributed by atoms with E-state index in [4.69, 9.17) is 22.1 Å². The average Bonchev–Trinajstić information content (AvgIpc) is 3.18. The highest BCUT2D eigenvalue weighted by molar-refractivity contribution is 7.80. The quantitative estimate of drug-likeness (QED) is 0.177. The standard InChI is InChI=1S/C23H44N2O5S/c26-16-14-12-10-8-6-4-2-1-3-5-7-9-11-13-15-24-23(31)25-18-17-30-22(25)21(29)20(28)19(18)27/h18-22,26-29H,1-17H2,(H,24,31)/t18-,19+,20-,21+,22-/m0/s1. The summed E-state index contributed by atoms with van der Waals surface area (Å²) in [5.74, 6) is 0. The van der Waals surface area contributed by atoms with E-state index < -0.39 is 30.6 Å². The number of rotatable bonds is 16. The van der Waals surface area contributed by atoms with Crippen molar-refractivity contribution in [2.75, 3.05) is 19.8 Å². The SMILES string of the molecule is OCCCCCCCCCCCCCCCCNC(=S)N1[C@H]2CO[C@H]1[C@H](O)[C@@H](O)[C@@H]2O. The molecule has 5 N–H and O–H groups in total. The molecule has 8 heteroatoms. The van der Waals surface area contributed by atoms with Crippen LogP contribution in [0, 0.1) is 0 Å². The first-order chi connectivity index (χ1) is 15.1. The molecule has 31 heavy (non-hydrogen) atoms. The monoisotopic (exact) mass is 460 g/mol. The molecule has 7 nitrogen and oxygen atoms in total. The van der Waals surface area contributed by atoms with Gasteiger partial charge in [-0.1, -0.05) is 77.0 Å². The van der Waals surface area contributed by atoms with Crippen LogP contribution in [0.1, 0.15) is 89.9 Å². The number of fused-ring (bicyclic) bond motifs is 2. The van der Waals surface area contributed by atoms with Gasteiger partial charge in [-0.3, -0.25) is 0 Å². The van der Waals surface area contributed by atoms with Gasteiger partial charge in [-0.2, -0.15) is 0 Å². The number of unbranched alkanes of at least 4 members (excludes halogenated alkanes) is 13. The summed E-state index contributed by atoms with van der Waals surface area (Å²) >= 11 is 5.44. The van der Waals surface area contributed by atoms with Crippen LogP contribution >= 0.6 is 12.2 Å². The summed E-state index contributed by atoms with van der Waals surface area (Å²) in [4.78, 5) is 1.70. The van der Waals surface area contributed by atoms with E-state index in [2.05, 4.69) is 5.32 Å². The molecule has 0 radical (unpaired) electrons. The van der Waals surface area contributed by atoms with Gasteiger partial charge in [0, 0.05) is 13.2 Å². The van der Waals surface area contributed by atoms with Crippen LogP contribution in [0.3, 0.4) is 0 Å². The Morgan fingerprint density at radius 2 is 1.23 bits per heavy atom. The predicted octanol–water partition coefficient (Wildman–Crippen LogP) is 2.44. The molecule has 2 saturated heterocycles. The molecule has 2 aliphatic rings. The van der Waals surface area contributed by atoms with E-state index in [-0.39, 0.29) is 6.61 Å². The molecule has 0 unspecified atom stereocenters. The van der Waals surface area contributed by atoms with Crippen molar-refractivity contribution in [1.82, 2.24) is 10.2 Å². The lowest BCUT2D eigenvalue weighted by Crippen LogP contribution is -2.65. The lowest BCUT2D eigenvalue weighted by molar-refractivity contribution is -0.154. The number of piperidine rings is 1. The third-order valence-electron chi connectivity index (χ3n) is 6.55. The van der Waals surface area contributed by atoms with Crippen molar-refractivity contribution in [2.45, 2.75) is 120 Å². The summed E-state index contributed by atoms with van der Waals surface area (Å²) in [7, 11) is 0. The van der Waals surface area contributed by atoms with Gasteiger partial charge < -0.3 is 35.4 Å². The lowest BCUT2D eigenvalue weighted by Gasteiger charge is -2.42. The first-order valence-electron chi connectivity index (χ1n) is 12.4. The second kappa shape index (κ2) is 15.3. The largest absolute Gasteiger partial charge is 0.396 e. The van der Waals surface area contributed by atoms with Crippen LogP contribution in [-0.4, -0.2) is 80.8 Å². The topological polar surface area (TPSA) is 105 Å². The van der Waals surface area contributed by atoms with Gasteiger partial charge in [0.2, 0.25) is 0 Å². The number of nitrogens with zero attached hydrogens (tertiary/aromatic N) is 1. The van der Waals surface area contributed by atoms with Gasteiger partial charge >= 0.3 is 0 Å². The van der Waals surface area contributed by atoms with Gasteiger partial charge in [0.1, 0.15) is 18.3 Å². The minimum Gasteiger partial charge on any atom is -0.396 e. The minimum absolute atomic E-state index is 0.256. The van der Waals surface area contributed by atoms with Gasteiger partial charge in [-0.05, 0) is 25.1 Å². The third kappa shape index (κ3) is 8.74. The molecule has 0 spiro atoms. The summed E-state index contributed by atoms with van der Waals surface area (Å²) in [5.41, 5.74) is 0. The number of thiocarbonyl (C=S) groups is 1. The molecule has 2 bridgehead atoms. The zero-order valence-corrected chi connectivity index (χ0v) is 19.8.